The molecule has 0 amide bonds. The van der Waals surface area contributed by atoms with E-state index in [-0.39, 0.29) is 36.9 Å². The lowest BCUT2D eigenvalue weighted by atomic mass is 9.76. The molecule has 0 spiro atoms. The number of carbonyl (C=O) groups is 2. The zero-order valence-electron chi connectivity index (χ0n) is 36.2. The van der Waals surface area contributed by atoms with E-state index in [2.05, 4.69) is 72.8 Å². The molecule has 2 bridgehead atoms. The number of aryl methyl sites for hydroxylation is 2. The molecular weight excluding hydrogens is 781 g/mol. The Morgan fingerprint density at radius 1 is 0.790 bits per heavy atom. The fraction of sp³-hybridized carbons (Fsp3) is 0.415. The molecule has 9 rings (SSSR count). The van der Waals surface area contributed by atoms with Crippen LogP contribution < -0.4 is 10.4 Å². The van der Waals surface area contributed by atoms with Crippen molar-refractivity contribution in [1.29, 1.82) is 0 Å². The lowest BCUT2D eigenvalue weighted by Crippen LogP contribution is -2.58. The first-order valence-corrected chi connectivity index (χ1v) is 22.3. The zero-order chi connectivity index (χ0) is 43.2. The van der Waals surface area contributed by atoms with Crippen LogP contribution in [0.15, 0.2) is 117 Å². The van der Waals surface area contributed by atoms with Crippen molar-refractivity contribution in [3.63, 3.8) is 0 Å². The second-order valence-corrected chi connectivity index (χ2v) is 17.8. The predicted octanol–water partition coefficient (Wildman–Crippen LogP) is 9.89. The Hall–Kier alpha value is -5.51. The van der Waals surface area contributed by atoms with Gasteiger partial charge in [-0.2, -0.15) is 0 Å². The van der Waals surface area contributed by atoms with Gasteiger partial charge in [-0.3, -0.25) is 4.79 Å². The van der Waals surface area contributed by atoms with Gasteiger partial charge in [-0.15, -0.1) is 0 Å². The van der Waals surface area contributed by atoms with Gasteiger partial charge >= 0.3 is 17.6 Å². The average Bonchev–Trinajstić information content (AvgIpc) is 3.82. The summed E-state index contributed by atoms with van der Waals surface area (Å²) in [6, 6.07) is 33.1. The number of aliphatic hydroxyl groups excluding tert-OH is 1. The van der Waals surface area contributed by atoms with Gasteiger partial charge < -0.3 is 28.5 Å². The van der Waals surface area contributed by atoms with Crippen LogP contribution in [0.5, 0.6) is 5.75 Å². The van der Waals surface area contributed by atoms with E-state index in [4.69, 9.17) is 28.5 Å². The maximum Gasteiger partial charge on any atom is 0.339 e. The number of hydrogen-bond acceptors (Lipinski definition) is 9. The number of aliphatic hydroxyl groups is 1. The van der Waals surface area contributed by atoms with Crippen molar-refractivity contribution in [1.82, 2.24) is 0 Å². The standard InChI is InChI=1S/C53H58O9/c1-34(2)44-24-22-35-16-18-38(19-17-35)30-40(21-20-37-12-9-13-39(29-37)28-36-10-5-4-6-11-36)31-46(55)59-49-47-45(62-53(3,43-14-7-8-15-43)50(49)61-52(44)57)25-23-41-32-42(26-27-58-33-54)51(56)60-48(41)47/h4-6,9-13,16-19,23,25,29,32,40,43,49-50,54H,7-8,14-15,20-22,24,26-28,30-31,33H2,1-3H3. The number of ether oxygens (including phenoxy) is 4. The number of fused-ring (bicyclic) bond motifs is 13. The highest BCUT2D eigenvalue weighted by Gasteiger charge is 2.57. The van der Waals surface area contributed by atoms with Crippen LogP contribution >= 0.6 is 0 Å². The second-order valence-electron chi connectivity index (χ2n) is 17.8. The molecule has 4 atom stereocenters. The van der Waals surface area contributed by atoms with Gasteiger partial charge in [-0.1, -0.05) is 97.3 Å². The number of rotatable bonds is 10. The second kappa shape index (κ2) is 19.3. The van der Waals surface area contributed by atoms with Crippen LogP contribution in [0.4, 0.5) is 0 Å². The Morgan fingerprint density at radius 3 is 2.29 bits per heavy atom. The Morgan fingerprint density at radius 2 is 1.53 bits per heavy atom. The molecule has 62 heavy (non-hydrogen) atoms. The van der Waals surface area contributed by atoms with Crippen molar-refractivity contribution in [2.45, 2.75) is 116 Å². The number of hydrogen-bond donors (Lipinski definition) is 1. The van der Waals surface area contributed by atoms with Crippen molar-refractivity contribution < 1.29 is 38.1 Å². The molecule has 1 fully saturated rings. The Kier molecular flexibility index (Phi) is 13.4. The predicted molar refractivity (Wildman–Crippen MR) is 238 cm³/mol. The SMILES string of the molecule is CC(C)=C1CCc2ccc(cc2)CC(CCc2cccc(Cc3ccccc3)c2)CC(=O)OC2c3c(ccc4cc(CCOCO)c(=O)oc34)OC(C)(C3CCCC3)C2OC1=O. The molecule has 0 saturated heterocycles. The summed E-state index contributed by atoms with van der Waals surface area (Å²) in [7, 11) is 0. The third-order valence-electron chi connectivity index (χ3n) is 13.3. The van der Waals surface area contributed by atoms with Gasteiger partial charge in [0.1, 0.15) is 23.7 Å². The van der Waals surface area contributed by atoms with Crippen LogP contribution in [-0.2, 0) is 55.9 Å². The molecule has 4 unspecified atom stereocenters. The van der Waals surface area contributed by atoms with Crippen LogP contribution in [0.3, 0.4) is 0 Å². The molecule has 1 N–H and O–H groups in total. The number of benzene rings is 4. The van der Waals surface area contributed by atoms with Gasteiger partial charge in [0, 0.05) is 35.3 Å². The van der Waals surface area contributed by atoms with Crippen molar-refractivity contribution in [3.8, 4) is 5.75 Å². The molecule has 1 aromatic heterocycles. The van der Waals surface area contributed by atoms with Crippen molar-refractivity contribution in [2.75, 3.05) is 13.4 Å². The third kappa shape index (κ3) is 9.74. The monoisotopic (exact) mass is 838 g/mol. The van der Waals surface area contributed by atoms with Gasteiger partial charge in [0.2, 0.25) is 0 Å². The fourth-order valence-corrected chi connectivity index (χ4v) is 9.86. The molecule has 1 saturated carbocycles. The first-order valence-electron chi connectivity index (χ1n) is 22.3. The summed E-state index contributed by atoms with van der Waals surface area (Å²) in [6.45, 7) is 5.49. The highest BCUT2D eigenvalue weighted by Crippen LogP contribution is 2.52. The van der Waals surface area contributed by atoms with Crippen molar-refractivity contribution in [2.24, 2.45) is 11.8 Å². The Balaban J connectivity index is 1.18. The van der Waals surface area contributed by atoms with E-state index in [1.807, 2.05) is 39.0 Å². The van der Waals surface area contributed by atoms with Crippen LogP contribution in [0, 0.1) is 11.8 Å². The lowest BCUT2D eigenvalue weighted by molar-refractivity contribution is -0.199. The molecule has 9 heteroatoms. The maximum atomic E-state index is 14.7. The normalized spacial score (nSPS) is 22.1. The number of esters is 2. The first kappa shape index (κ1) is 43.2. The van der Waals surface area contributed by atoms with E-state index in [9.17, 15) is 14.4 Å². The molecule has 1 aliphatic carbocycles. The molecule has 4 aromatic carbocycles. The molecule has 4 heterocycles. The molecule has 324 valence electrons. The van der Waals surface area contributed by atoms with Gasteiger partial charge in [-0.05, 0) is 124 Å². The number of allylic oxidation sites excluding steroid dienone is 1. The minimum atomic E-state index is -1.13. The van der Waals surface area contributed by atoms with E-state index in [0.29, 0.717) is 47.1 Å². The molecule has 0 radical (unpaired) electrons. The van der Waals surface area contributed by atoms with Crippen LogP contribution in [0.1, 0.15) is 111 Å². The first-order chi connectivity index (χ1) is 30.1. The molecule has 3 aliphatic heterocycles. The highest BCUT2D eigenvalue weighted by molar-refractivity contribution is 5.90. The molecule has 9 nitrogen and oxygen atoms in total. The van der Waals surface area contributed by atoms with Gasteiger partial charge in [0.05, 0.1) is 12.2 Å². The molecule has 5 aromatic rings. The average molecular weight is 839 g/mol. The lowest BCUT2D eigenvalue weighted by Gasteiger charge is -2.48. The van der Waals surface area contributed by atoms with Gasteiger partial charge in [-0.25, -0.2) is 9.59 Å². The fourth-order valence-electron chi connectivity index (χ4n) is 9.86. The minimum absolute atomic E-state index is 0.00961. The van der Waals surface area contributed by atoms with E-state index >= 15 is 0 Å². The number of carbonyl (C=O) groups excluding carboxylic acids is 2. The van der Waals surface area contributed by atoms with Crippen LogP contribution in [0.25, 0.3) is 11.0 Å². The minimum Gasteiger partial charge on any atom is -0.483 e. The zero-order valence-corrected chi connectivity index (χ0v) is 36.2. The Labute approximate surface area is 364 Å². The van der Waals surface area contributed by atoms with E-state index in [1.54, 1.807) is 6.07 Å². The van der Waals surface area contributed by atoms with Crippen LogP contribution in [0.2, 0.25) is 0 Å². The third-order valence-corrected chi connectivity index (χ3v) is 13.3. The van der Waals surface area contributed by atoms with Gasteiger partial charge in [0.25, 0.3) is 0 Å². The summed E-state index contributed by atoms with van der Waals surface area (Å²) >= 11 is 0. The topological polar surface area (TPSA) is 122 Å². The largest absolute Gasteiger partial charge is 0.483 e. The van der Waals surface area contributed by atoms with E-state index in [0.717, 1.165) is 61.6 Å². The summed E-state index contributed by atoms with van der Waals surface area (Å²) in [6.07, 6.45) is 6.11. The Bertz CT molecular complexity index is 2460. The summed E-state index contributed by atoms with van der Waals surface area (Å²) in [4.78, 5) is 42.8. The van der Waals surface area contributed by atoms with Gasteiger partial charge in [0.15, 0.2) is 12.2 Å². The molecule has 4 aliphatic rings. The highest BCUT2D eigenvalue weighted by atomic mass is 16.6. The molecular formula is C53H58O9. The summed E-state index contributed by atoms with van der Waals surface area (Å²) in [5, 5.41) is 9.76. The summed E-state index contributed by atoms with van der Waals surface area (Å²) in [5.74, 6) is -0.526. The summed E-state index contributed by atoms with van der Waals surface area (Å²) < 4.78 is 31.6. The van der Waals surface area contributed by atoms with Crippen molar-refractivity contribution >= 4 is 22.9 Å². The van der Waals surface area contributed by atoms with E-state index < -0.39 is 42.2 Å². The maximum absolute atomic E-state index is 14.7. The quantitative estimate of drug-likeness (QED) is 0.0482. The van der Waals surface area contributed by atoms with E-state index in [1.165, 1.54) is 16.7 Å². The summed E-state index contributed by atoms with van der Waals surface area (Å²) in [5.41, 5.74) is 6.72. The van der Waals surface area contributed by atoms with Crippen molar-refractivity contribution in [3.05, 3.63) is 158 Å². The smallest absolute Gasteiger partial charge is 0.339 e. The van der Waals surface area contributed by atoms with Crippen LogP contribution in [-0.4, -0.2) is 42.1 Å².